The van der Waals surface area contributed by atoms with Gasteiger partial charge in [-0.2, -0.15) is 0 Å². The van der Waals surface area contributed by atoms with E-state index in [1.54, 1.807) is 0 Å². The molecule has 0 saturated heterocycles. The van der Waals surface area contributed by atoms with Gasteiger partial charge in [-0.05, 0) is 143 Å². The monoisotopic (exact) mass is 740 g/mol. The molecule has 6 aromatic carbocycles. The Balaban J connectivity index is 1.17. The first-order chi connectivity index (χ1) is 20.5. The molecule has 206 valence electrons. The van der Waals surface area contributed by atoms with Crippen LogP contribution in [0.4, 0.5) is 0 Å². The molecule has 0 radical (unpaired) electrons. The summed E-state index contributed by atoms with van der Waals surface area (Å²) in [5.74, 6) is 4.55. The van der Waals surface area contributed by atoms with Crippen molar-refractivity contribution >= 4 is 47.8 Å². The zero-order valence-electron chi connectivity index (χ0n) is 22.1. The second-order valence-electron chi connectivity index (χ2n) is 9.39. The van der Waals surface area contributed by atoms with Crippen LogP contribution >= 0.6 is 47.8 Å². The molecular weight excluding hydrogens is 720 g/mol. The molecule has 0 atom stereocenters. The summed E-state index contributed by atoms with van der Waals surface area (Å²) in [6, 6.07) is 45.8. The van der Waals surface area contributed by atoms with Crippen LogP contribution in [-0.4, -0.2) is 0 Å². The molecule has 0 saturated carbocycles. The van der Waals surface area contributed by atoms with E-state index in [1.807, 2.05) is 115 Å². The molecule has 0 spiro atoms. The fraction of sp³-hybridized carbons (Fsp3) is 0. The molecule has 0 amide bonds. The normalized spacial score (nSPS) is 10.7. The summed E-state index contributed by atoms with van der Waals surface area (Å²) in [6.07, 6.45) is 0. The number of halogens is 3. The van der Waals surface area contributed by atoms with Gasteiger partial charge in [0.05, 0.1) is 13.4 Å². The number of ether oxygens (including phenoxy) is 3. The Morgan fingerprint density at radius 2 is 0.857 bits per heavy atom. The molecule has 0 aliphatic heterocycles. The van der Waals surface area contributed by atoms with Gasteiger partial charge in [0.25, 0.3) is 0 Å². The lowest BCUT2D eigenvalue weighted by Gasteiger charge is -2.13. The minimum absolute atomic E-state index is 0.730. The average molecular weight is 743 g/mol. The van der Waals surface area contributed by atoms with Crippen molar-refractivity contribution in [3.63, 3.8) is 0 Å². The Hall–Kier alpha value is -3.84. The Labute approximate surface area is 270 Å². The van der Waals surface area contributed by atoms with Gasteiger partial charge in [-0.15, -0.1) is 0 Å². The Morgan fingerprint density at radius 1 is 0.310 bits per heavy atom. The minimum atomic E-state index is 0.730. The van der Waals surface area contributed by atoms with Crippen LogP contribution in [0.5, 0.6) is 34.5 Å². The van der Waals surface area contributed by atoms with E-state index >= 15 is 0 Å². The topological polar surface area (TPSA) is 27.7 Å². The van der Waals surface area contributed by atoms with Crippen LogP contribution in [0.1, 0.15) is 0 Å². The van der Waals surface area contributed by atoms with E-state index in [0.29, 0.717) is 0 Å². The smallest absolute Gasteiger partial charge is 0.142 e. The van der Waals surface area contributed by atoms with E-state index < -0.39 is 0 Å². The minimum Gasteiger partial charge on any atom is -0.456 e. The van der Waals surface area contributed by atoms with Gasteiger partial charge >= 0.3 is 0 Å². The first kappa shape index (κ1) is 28.3. The van der Waals surface area contributed by atoms with Gasteiger partial charge in [0.2, 0.25) is 0 Å². The molecular formula is C36H23Br3O3. The standard InChI is InChI=1S/C36H23Br3O3/c37-31-11-4-5-12-34(31)40-29-17-13-24(14-18-29)26-16-20-35(33(39)22-26)42-30-10-6-7-25(21-30)27-15-19-32(38)36(23-27)41-28-8-2-1-3-9-28/h1-23H. The fourth-order valence-corrected chi connectivity index (χ4v) is 5.53. The summed E-state index contributed by atoms with van der Waals surface area (Å²) in [4.78, 5) is 0. The first-order valence-corrected chi connectivity index (χ1v) is 15.5. The third kappa shape index (κ3) is 6.79. The van der Waals surface area contributed by atoms with Crippen LogP contribution in [0.15, 0.2) is 153 Å². The highest BCUT2D eigenvalue weighted by Crippen LogP contribution is 2.38. The summed E-state index contributed by atoms with van der Waals surface area (Å²) in [6.45, 7) is 0. The molecule has 6 aromatic rings. The van der Waals surface area contributed by atoms with Crippen molar-refractivity contribution in [3.05, 3.63) is 153 Å². The number of rotatable bonds is 8. The molecule has 6 heteroatoms. The molecule has 6 rings (SSSR count). The summed E-state index contributed by atoms with van der Waals surface area (Å²) in [7, 11) is 0. The van der Waals surface area contributed by atoms with Crippen molar-refractivity contribution in [2.75, 3.05) is 0 Å². The third-order valence-corrected chi connectivity index (χ3v) is 8.41. The third-order valence-electron chi connectivity index (χ3n) is 6.48. The van der Waals surface area contributed by atoms with Crippen molar-refractivity contribution in [2.24, 2.45) is 0 Å². The van der Waals surface area contributed by atoms with Crippen LogP contribution in [0.2, 0.25) is 0 Å². The summed E-state index contributed by atoms with van der Waals surface area (Å²) >= 11 is 10.8. The number of para-hydroxylation sites is 2. The number of hydrogen-bond donors (Lipinski definition) is 0. The van der Waals surface area contributed by atoms with Crippen LogP contribution in [-0.2, 0) is 0 Å². The quantitative estimate of drug-likeness (QED) is 0.155. The molecule has 0 N–H and O–H groups in total. The Bertz CT molecular complexity index is 1840. The molecule has 42 heavy (non-hydrogen) atoms. The maximum absolute atomic E-state index is 6.30. The van der Waals surface area contributed by atoms with Crippen LogP contribution in [0, 0.1) is 0 Å². The van der Waals surface area contributed by atoms with Crippen molar-refractivity contribution in [1.29, 1.82) is 0 Å². The van der Waals surface area contributed by atoms with E-state index in [-0.39, 0.29) is 0 Å². The summed E-state index contributed by atoms with van der Waals surface area (Å²) in [5.41, 5.74) is 4.19. The first-order valence-electron chi connectivity index (χ1n) is 13.1. The average Bonchev–Trinajstić information content (AvgIpc) is 3.01. The van der Waals surface area contributed by atoms with E-state index in [1.165, 1.54) is 0 Å². The molecule has 3 nitrogen and oxygen atoms in total. The fourth-order valence-electron chi connectivity index (χ4n) is 4.38. The van der Waals surface area contributed by atoms with Crippen molar-refractivity contribution in [3.8, 4) is 56.8 Å². The largest absolute Gasteiger partial charge is 0.456 e. The molecule has 0 aromatic heterocycles. The van der Waals surface area contributed by atoms with Gasteiger partial charge in [0, 0.05) is 0 Å². The molecule has 0 bridgehead atoms. The highest BCUT2D eigenvalue weighted by Gasteiger charge is 2.10. The van der Waals surface area contributed by atoms with Crippen LogP contribution in [0.3, 0.4) is 0 Å². The lowest BCUT2D eigenvalue weighted by Crippen LogP contribution is -1.89. The SMILES string of the molecule is Brc1ccccc1Oc1ccc(-c2ccc(Oc3cccc(-c4ccc(Br)c(Oc5ccccc5)c4)c3)c(Br)c2)cc1. The molecule has 0 aliphatic carbocycles. The van der Waals surface area contributed by atoms with Gasteiger partial charge in [0.1, 0.15) is 34.5 Å². The van der Waals surface area contributed by atoms with Crippen molar-refractivity contribution < 1.29 is 14.2 Å². The zero-order valence-corrected chi connectivity index (χ0v) is 26.9. The zero-order chi connectivity index (χ0) is 28.9. The second kappa shape index (κ2) is 13.0. The van der Waals surface area contributed by atoms with Gasteiger partial charge in [-0.25, -0.2) is 0 Å². The van der Waals surface area contributed by atoms with Gasteiger partial charge < -0.3 is 14.2 Å². The van der Waals surface area contributed by atoms with Crippen molar-refractivity contribution in [2.45, 2.75) is 0 Å². The number of benzene rings is 6. The maximum atomic E-state index is 6.30. The highest BCUT2D eigenvalue weighted by molar-refractivity contribution is 9.11. The summed E-state index contributed by atoms with van der Waals surface area (Å²) in [5, 5.41) is 0. The van der Waals surface area contributed by atoms with E-state index in [9.17, 15) is 0 Å². The van der Waals surface area contributed by atoms with Gasteiger partial charge in [-0.1, -0.05) is 66.7 Å². The second-order valence-corrected chi connectivity index (χ2v) is 12.0. The molecule has 0 aliphatic rings. The van der Waals surface area contributed by atoms with Crippen molar-refractivity contribution in [1.82, 2.24) is 0 Å². The Morgan fingerprint density at radius 3 is 1.64 bits per heavy atom. The van der Waals surface area contributed by atoms with Gasteiger partial charge in [-0.3, -0.25) is 0 Å². The lowest BCUT2D eigenvalue weighted by molar-refractivity contribution is 0.479. The van der Waals surface area contributed by atoms with Gasteiger partial charge in [0.15, 0.2) is 0 Å². The summed E-state index contributed by atoms with van der Waals surface area (Å²) < 4.78 is 21.1. The van der Waals surface area contributed by atoms with E-state index in [0.717, 1.165) is 70.2 Å². The predicted octanol–water partition coefficient (Wildman–Crippen LogP) is 12.7. The lowest BCUT2D eigenvalue weighted by atomic mass is 10.0. The maximum Gasteiger partial charge on any atom is 0.142 e. The van der Waals surface area contributed by atoms with E-state index in [4.69, 9.17) is 14.2 Å². The highest BCUT2D eigenvalue weighted by atomic mass is 79.9. The molecule has 0 heterocycles. The van der Waals surface area contributed by atoms with Crippen LogP contribution in [0.25, 0.3) is 22.3 Å². The molecule has 0 unspecified atom stereocenters. The van der Waals surface area contributed by atoms with E-state index in [2.05, 4.69) is 72.1 Å². The number of hydrogen-bond acceptors (Lipinski definition) is 3. The molecule has 0 fully saturated rings. The predicted molar refractivity (Wildman–Crippen MR) is 180 cm³/mol. The van der Waals surface area contributed by atoms with Crippen LogP contribution < -0.4 is 14.2 Å². The Kier molecular flexibility index (Phi) is 8.75.